The van der Waals surface area contributed by atoms with Gasteiger partial charge in [0.1, 0.15) is 11.4 Å². The highest BCUT2D eigenvalue weighted by atomic mass is 16.6. The van der Waals surface area contributed by atoms with E-state index in [1.165, 1.54) is 13.2 Å². The highest BCUT2D eigenvalue weighted by Gasteiger charge is 2.27. The van der Waals surface area contributed by atoms with Gasteiger partial charge in [0.05, 0.1) is 18.1 Å². The molecule has 2 rings (SSSR count). The van der Waals surface area contributed by atoms with Crippen molar-refractivity contribution in [1.82, 2.24) is 0 Å². The van der Waals surface area contributed by atoms with Gasteiger partial charge < -0.3 is 15.4 Å². The molecule has 6 nitrogen and oxygen atoms in total. The van der Waals surface area contributed by atoms with Gasteiger partial charge in [0.25, 0.3) is 5.69 Å². The van der Waals surface area contributed by atoms with Gasteiger partial charge in [-0.1, -0.05) is 6.92 Å². The van der Waals surface area contributed by atoms with Crippen LogP contribution in [0.15, 0.2) is 18.2 Å². The first kappa shape index (κ1) is 13.6. The SMILES string of the molecule is COc1ccc(N2CCC(N)C(C)C2)c([N+](=O)[O-])c1. The summed E-state index contributed by atoms with van der Waals surface area (Å²) in [6, 6.07) is 5.14. The second-order valence-electron chi connectivity index (χ2n) is 4.99. The molecule has 1 fully saturated rings. The molecular formula is C13H19N3O3. The summed E-state index contributed by atoms with van der Waals surface area (Å²) in [5.41, 5.74) is 6.71. The Hall–Kier alpha value is -1.82. The van der Waals surface area contributed by atoms with Crippen LogP contribution in [-0.2, 0) is 0 Å². The molecule has 1 saturated heterocycles. The molecule has 1 aromatic rings. The third kappa shape index (κ3) is 2.78. The van der Waals surface area contributed by atoms with Crippen molar-refractivity contribution in [1.29, 1.82) is 0 Å². The lowest BCUT2D eigenvalue weighted by molar-refractivity contribution is -0.384. The molecule has 0 saturated carbocycles. The van der Waals surface area contributed by atoms with Crippen molar-refractivity contribution in [3.05, 3.63) is 28.3 Å². The summed E-state index contributed by atoms with van der Waals surface area (Å²) >= 11 is 0. The Bertz CT molecular complexity index is 478. The lowest BCUT2D eigenvalue weighted by Gasteiger charge is -2.36. The summed E-state index contributed by atoms with van der Waals surface area (Å²) in [6.45, 7) is 3.57. The normalized spacial score (nSPS) is 23.2. The minimum atomic E-state index is -0.364. The summed E-state index contributed by atoms with van der Waals surface area (Å²) in [7, 11) is 1.50. The van der Waals surface area contributed by atoms with E-state index in [1.807, 2.05) is 4.90 Å². The second-order valence-corrected chi connectivity index (χ2v) is 4.99. The molecule has 19 heavy (non-hydrogen) atoms. The molecule has 1 aromatic carbocycles. The van der Waals surface area contributed by atoms with Crippen LogP contribution in [0.5, 0.6) is 5.75 Å². The largest absolute Gasteiger partial charge is 0.496 e. The Morgan fingerprint density at radius 1 is 1.53 bits per heavy atom. The number of rotatable bonds is 3. The molecule has 1 heterocycles. The molecule has 2 N–H and O–H groups in total. The van der Waals surface area contributed by atoms with Crippen LogP contribution in [0.4, 0.5) is 11.4 Å². The standard InChI is InChI=1S/C13H19N3O3/c1-9-8-15(6-5-11(9)14)12-4-3-10(19-2)7-13(12)16(17)18/h3-4,7,9,11H,5-6,8,14H2,1-2H3. The van der Waals surface area contributed by atoms with Crippen molar-refractivity contribution in [3.8, 4) is 5.75 Å². The molecule has 1 aliphatic heterocycles. The zero-order valence-corrected chi connectivity index (χ0v) is 11.2. The number of ether oxygens (including phenoxy) is 1. The molecule has 0 radical (unpaired) electrons. The number of methoxy groups -OCH3 is 1. The van der Waals surface area contributed by atoms with E-state index >= 15 is 0 Å². The van der Waals surface area contributed by atoms with E-state index in [2.05, 4.69) is 6.92 Å². The van der Waals surface area contributed by atoms with E-state index in [1.54, 1.807) is 12.1 Å². The van der Waals surface area contributed by atoms with Gasteiger partial charge in [0, 0.05) is 19.1 Å². The maximum absolute atomic E-state index is 11.2. The number of benzene rings is 1. The topological polar surface area (TPSA) is 81.6 Å². The fraction of sp³-hybridized carbons (Fsp3) is 0.538. The van der Waals surface area contributed by atoms with Crippen molar-refractivity contribution in [2.45, 2.75) is 19.4 Å². The number of nitro benzene ring substituents is 1. The van der Waals surface area contributed by atoms with Gasteiger partial charge in [-0.25, -0.2) is 0 Å². The average molecular weight is 265 g/mol. The van der Waals surface area contributed by atoms with E-state index in [0.717, 1.165) is 19.5 Å². The van der Waals surface area contributed by atoms with Crippen LogP contribution in [0.1, 0.15) is 13.3 Å². The van der Waals surface area contributed by atoms with E-state index in [-0.39, 0.29) is 16.7 Å². The molecule has 6 heteroatoms. The predicted molar refractivity (Wildman–Crippen MR) is 73.6 cm³/mol. The molecule has 1 aliphatic rings. The zero-order valence-electron chi connectivity index (χ0n) is 11.2. The zero-order chi connectivity index (χ0) is 14.0. The second kappa shape index (κ2) is 5.44. The summed E-state index contributed by atoms with van der Waals surface area (Å²) in [4.78, 5) is 12.8. The summed E-state index contributed by atoms with van der Waals surface area (Å²) in [5, 5.41) is 11.2. The van der Waals surface area contributed by atoms with Crippen molar-refractivity contribution >= 4 is 11.4 Å². The summed E-state index contributed by atoms with van der Waals surface area (Å²) in [5.74, 6) is 0.827. The van der Waals surface area contributed by atoms with Gasteiger partial charge in [0.2, 0.25) is 0 Å². The fourth-order valence-corrected chi connectivity index (χ4v) is 2.43. The monoisotopic (exact) mass is 265 g/mol. The molecule has 2 unspecified atom stereocenters. The Kier molecular flexibility index (Phi) is 3.90. The van der Waals surface area contributed by atoms with E-state index in [4.69, 9.17) is 10.5 Å². The molecule has 0 aromatic heterocycles. The van der Waals surface area contributed by atoms with Gasteiger partial charge in [-0.3, -0.25) is 10.1 Å². The maximum atomic E-state index is 11.2. The van der Waals surface area contributed by atoms with Crippen molar-refractivity contribution in [3.63, 3.8) is 0 Å². The quantitative estimate of drug-likeness (QED) is 0.665. The van der Waals surface area contributed by atoms with Crippen LogP contribution >= 0.6 is 0 Å². The van der Waals surface area contributed by atoms with Crippen LogP contribution in [-0.4, -0.2) is 31.2 Å². The van der Waals surface area contributed by atoms with Crippen LogP contribution < -0.4 is 15.4 Å². The predicted octanol–water partition coefficient (Wildman–Crippen LogP) is 1.78. The number of nitrogens with two attached hydrogens (primary N) is 1. The molecular weight excluding hydrogens is 246 g/mol. The first-order valence-electron chi connectivity index (χ1n) is 6.36. The summed E-state index contributed by atoms with van der Waals surface area (Å²) in [6.07, 6.45) is 0.852. The summed E-state index contributed by atoms with van der Waals surface area (Å²) < 4.78 is 5.04. The maximum Gasteiger partial charge on any atom is 0.296 e. The molecule has 0 bridgehead atoms. The molecule has 0 amide bonds. The van der Waals surface area contributed by atoms with E-state index < -0.39 is 0 Å². The number of anilines is 1. The lowest BCUT2D eigenvalue weighted by atomic mass is 9.94. The van der Waals surface area contributed by atoms with E-state index in [9.17, 15) is 10.1 Å². The van der Waals surface area contributed by atoms with Crippen molar-refractivity contribution in [2.24, 2.45) is 11.7 Å². The number of nitrogens with zero attached hydrogens (tertiary/aromatic N) is 2. The number of nitro groups is 1. The highest BCUT2D eigenvalue weighted by Crippen LogP contribution is 2.34. The molecule has 2 atom stereocenters. The first-order valence-corrected chi connectivity index (χ1v) is 6.36. The Labute approximate surface area is 112 Å². The van der Waals surface area contributed by atoms with Crippen LogP contribution in [0.3, 0.4) is 0 Å². The van der Waals surface area contributed by atoms with Gasteiger partial charge in [-0.2, -0.15) is 0 Å². The van der Waals surface area contributed by atoms with E-state index in [0.29, 0.717) is 17.4 Å². The Morgan fingerprint density at radius 2 is 2.26 bits per heavy atom. The van der Waals surface area contributed by atoms with Crippen LogP contribution in [0, 0.1) is 16.0 Å². The fourth-order valence-electron chi connectivity index (χ4n) is 2.43. The van der Waals surface area contributed by atoms with Crippen molar-refractivity contribution < 1.29 is 9.66 Å². The minimum absolute atomic E-state index is 0.0852. The molecule has 0 aliphatic carbocycles. The van der Waals surface area contributed by atoms with Crippen LogP contribution in [0.2, 0.25) is 0 Å². The third-order valence-electron chi connectivity index (χ3n) is 3.69. The number of hydrogen-bond donors (Lipinski definition) is 1. The Morgan fingerprint density at radius 3 is 2.84 bits per heavy atom. The highest BCUT2D eigenvalue weighted by molar-refractivity contribution is 5.65. The van der Waals surface area contributed by atoms with Gasteiger partial charge >= 0.3 is 0 Å². The number of piperidine rings is 1. The van der Waals surface area contributed by atoms with Gasteiger partial charge in [0.15, 0.2) is 0 Å². The molecule has 0 spiro atoms. The van der Waals surface area contributed by atoms with Gasteiger partial charge in [-0.15, -0.1) is 0 Å². The van der Waals surface area contributed by atoms with Crippen LogP contribution in [0.25, 0.3) is 0 Å². The number of hydrogen-bond acceptors (Lipinski definition) is 5. The van der Waals surface area contributed by atoms with Gasteiger partial charge in [-0.05, 0) is 24.5 Å². The minimum Gasteiger partial charge on any atom is -0.496 e. The average Bonchev–Trinajstić information content (AvgIpc) is 2.41. The first-order chi connectivity index (χ1) is 9.02. The molecule has 104 valence electrons. The Balaban J connectivity index is 2.31. The lowest BCUT2D eigenvalue weighted by Crippen LogP contribution is -2.46. The van der Waals surface area contributed by atoms with Crippen molar-refractivity contribution in [2.75, 3.05) is 25.1 Å². The smallest absolute Gasteiger partial charge is 0.296 e. The third-order valence-corrected chi connectivity index (χ3v) is 3.69.